The molecule has 0 fully saturated rings. The number of hydrogen-bond acceptors (Lipinski definition) is 5. The molecule has 0 unspecified atom stereocenters. The second-order valence-electron chi connectivity index (χ2n) is 5.70. The number of carboxylic acid groups (broad SMARTS) is 2. The van der Waals surface area contributed by atoms with Gasteiger partial charge in [0.2, 0.25) is 5.95 Å². The van der Waals surface area contributed by atoms with E-state index in [0.717, 1.165) is 29.5 Å². The number of benzene rings is 2. The molecule has 0 bridgehead atoms. The zero-order chi connectivity index (χ0) is 20.5. The van der Waals surface area contributed by atoms with Crippen LogP contribution in [-0.2, 0) is 23.2 Å². The van der Waals surface area contributed by atoms with Crippen LogP contribution in [0.4, 0.5) is 5.95 Å². The van der Waals surface area contributed by atoms with Crippen LogP contribution in [0.25, 0.3) is 11.3 Å². The minimum Gasteiger partial charge on any atom is -0.497 e. The van der Waals surface area contributed by atoms with E-state index in [2.05, 4.69) is 27.0 Å². The topological polar surface area (TPSA) is 114 Å². The molecule has 0 saturated heterocycles. The molecule has 3 N–H and O–H groups in total. The van der Waals surface area contributed by atoms with Crippen LogP contribution in [0.15, 0.2) is 60.8 Å². The highest BCUT2D eigenvalue weighted by Crippen LogP contribution is 2.21. The molecule has 0 atom stereocenters. The zero-order valence-corrected chi connectivity index (χ0v) is 15.5. The summed E-state index contributed by atoms with van der Waals surface area (Å²) in [4.78, 5) is 22.7. The SMILES string of the molecule is COc1ccc(CNc2ncc(-c3ccccc3)n2C)cc1.O=C(O)C(=O)O. The highest BCUT2D eigenvalue weighted by molar-refractivity contribution is 6.27. The van der Waals surface area contributed by atoms with Gasteiger partial charge >= 0.3 is 11.9 Å². The van der Waals surface area contributed by atoms with E-state index in [9.17, 15) is 0 Å². The van der Waals surface area contributed by atoms with E-state index in [-0.39, 0.29) is 0 Å². The first-order chi connectivity index (χ1) is 13.4. The molecule has 1 aromatic heterocycles. The molecule has 0 aliphatic rings. The molecule has 3 aromatic rings. The van der Waals surface area contributed by atoms with Gasteiger partial charge in [-0.3, -0.25) is 0 Å². The molecule has 2 aromatic carbocycles. The van der Waals surface area contributed by atoms with Crippen LogP contribution in [0.1, 0.15) is 5.56 Å². The highest BCUT2D eigenvalue weighted by atomic mass is 16.5. The summed E-state index contributed by atoms with van der Waals surface area (Å²) in [6.07, 6.45) is 1.89. The Balaban J connectivity index is 0.000000409. The van der Waals surface area contributed by atoms with E-state index in [1.165, 1.54) is 5.56 Å². The summed E-state index contributed by atoms with van der Waals surface area (Å²) in [5, 5.41) is 18.2. The van der Waals surface area contributed by atoms with Crippen LogP contribution in [-0.4, -0.2) is 38.8 Å². The van der Waals surface area contributed by atoms with Crippen molar-refractivity contribution >= 4 is 17.9 Å². The van der Waals surface area contributed by atoms with Crippen molar-refractivity contribution in [3.05, 3.63) is 66.4 Å². The van der Waals surface area contributed by atoms with E-state index in [4.69, 9.17) is 24.5 Å². The Labute approximate surface area is 162 Å². The normalized spacial score (nSPS) is 9.79. The van der Waals surface area contributed by atoms with Gasteiger partial charge in [-0.05, 0) is 23.3 Å². The first-order valence-corrected chi connectivity index (χ1v) is 8.32. The molecule has 0 radical (unpaired) electrons. The Hall–Kier alpha value is -3.81. The zero-order valence-electron chi connectivity index (χ0n) is 15.5. The number of carboxylic acids is 2. The minimum absolute atomic E-state index is 0.725. The molecule has 0 spiro atoms. The van der Waals surface area contributed by atoms with Crippen molar-refractivity contribution in [3.8, 4) is 17.0 Å². The summed E-state index contributed by atoms with van der Waals surface area (Å²) in [5.41, 5.74) is 3.44. The first kappa shape index (κ1) is 20.5. The largest absolute Gasteiger partial charge is 0.497 e. The van der Waals surface area contributed by atoms with Gasteiger partial charge in [0.25, 0.3) is 0 Å². The average Bonchev–Trinajstić information content (AvgIpc) is 3.08. The monoisotopic (exact) mass is 383 g/mol. The number of aromatic nitrogens is 2. The molecule has 0 amide bonds. The van der Waals surface area contributed by atoms with Gasteiger partial charge in [0, 0.05) is 13.6 Å². The number of methoxy groups -OCH3 is 1. The van der Waals surface area contributed by atoms with Gasteiger partial charge in [0.1, 0.15) is 5.75 Å². The van der Waals surface area contributed by atoms with Crippen molar-refractivity contribution in [3.63, 3.8) is 0 Å². The van der Waals surface area contributed by atoms with Gasteiger partial charge in [-0.15, -0.1) is 0 Å². The van der Waals surface area contributed by atoms with Gasteiger partial charge in [-0.2, -0.15) is 0 Å². The standard InChI is InChI=1S/C18H19N3O.C2H2O4/c1-21-17(15-6-4-3-5-7-15)13-20-18(21)19-12-14-8-10-16(22-2)11-9-14;3-1(4)2(5)6/h3-11,13H,12H2,1-2H3,(H,19,20);(H,3,4)(H,5,6). The molecule has 1 heterocycles. The summed E-state index contributed by atoms with van der Waals surface area (Å²) in [5.74, 6) is -1.92. The van der Waals surface area contributed by atoms with Crippen LogP contribution in [0, 0.1) is 0 Å². The molecule has 0 aliphatic carbocycles. The fourth-order valence-corrected chi connectivity index (χ4v) is 2.38. The van der Waals surface area contributed by atoms with Crippen molar-refractivity contribution in [2.45, 2.75) is 6.54 Å². The Bertz CT molecular complexity index is 909. The Morgan fingerprint density at radius 1 is 1.04 bits per heavy atom. The quantitative estimate of drug-likeness (QED) is 0.581. The number of carbonyl (C=O) groups is 2. The summed E-state index contributed by atoms with van der Waals surface area (Å²) >= 11 is 0. The number of aliphatic carboxylic acids is 2. The van der Waals surface area contributed by atoms with Gasteiger partial charge in [0.05, 0.1) is 19.0 Å². The molecular weight excluding hydrogens is 362 g/mol. The molecule has 146 valence electrons. The number of hydrogen-bond donors (Lipinski definition) is 3. The van der Waals surface area contributed by atoms with E-state index in [0.29, 0.717) is 0 Å². The van der Waals surface area contributed by atoms with Crippen LogP contribution < -0.4 is 10.1 Å². The predicted octanol–water partition coefficient (Wildman–Crippen LogP) is 2.86. The average molecular weight is 383 g/mol. The van der Waals surface area contributed by atoms with Gasteiger partial charge in [0.15, 0.2) is 0 Å². The van der Waals surface area contributed by atoms with E-state index < -0.39 is 11.9 Å². The lowest BCUT2D eigenvalue weighted by Gasteiger charge is -2.09. The molecular formula is C20H21N3O5. The lowest BCUT2D eigenvalue weighted by molar-refractivity contribution is -0.159. The highest BCUT2D eigenvalue weighted by Gasteiger charge is 2.08. The maximum atomic E-state index is 9.10. The maximum Gasteiger partial charge on any atom is 0.414 e. The number of nitrogens with zero attached hydrogens (tertiary/aromatic N) is 2. The van der Waals surface area contributed by atoms with Crippen LogP contribution in [0.2, 0.25) is 0 Å². The van der Waals surface area contributed by atoms with Crippen molar-refractivity contribution in [1.82, 2.24) is 9.55 Å². The fraction of sp³-hybridized carbons (Fsp3) is 0.150. The van der Waals surface area contributed by atoms with Gasteiger partial charge < -0.3 is 24.8 Å². The second kappa shape index (κ2) is 9.77. The lowest BCUT2D eigenvalue weighted by atomic mass is 10.2. The number of anilines is 1. The predicted molar refractivity (Wildman–Crippen MR) is 104 cm³/mol. The maximum absolute atomic E-state index is 9.10. The molecule has 8 heteroatoms. The summed E-state index contributed by atoms with van der Waals surface area (Å²) < 4.78 is 7.23. The molecule has 0 saturated carbocycles. The third-order valence-electron chi connectivity index (χ3n) is 3.85. The number of imidazole rings is 1. The van der Waals surface area contributed by atoms with E-state index in [1.807, 2.05) is 55.7 Å². The third-order valence-corrected chi connectivity index (χ3v) is 3.85. The fourth-order valence-electron chi connectivity index (χ4n) is 2.38. The minimum atomic E-state index is -1.82. The molecule has 0 aliphatic heterocycles. The van der Waals surface area contributed by atoms with E-state index in [1.54, 1.807) is 7.11 Å². The lowest BCUT2D eigenvalue weighted by Crippen LogP contribution is -2.09. The number of nitrogens with one attached hydrogen (secondary N) is 1. The van der Waals surface area contributed by atoms with Crippen LogP contribution >= 0.6 is 0 Å². The van der Waals surface area contributed by atoms with Crippen molar-refractivity contribution in [1.29, 1.82) is 0 Å². The number of ether oxygens (including phenoxy) is 1. The first-order valence-electron chi connectivity index (χ1n) is 8.32. The molecule has 8 nitrogen and oxygen atoms in total. The van der Waals surface area contributed by atoms with Gasteiger partial charge in [-0.25, -0.2) is 14.6 Å². The second-order valence-corrected chi connectivity index (χ2v) is 5.70. The summed E-state index contributed by atoms with van der Waals surface area (Å²) in [6.45, 7) is 0.725. The Morgan fingerprint density at radius 3 is 2.18 bits per heavy atom. The smallest absolute Gasteiger partial charge is 0.414 e. The van der Waals surface area contributed by atoms with E-state index >= 15 is 0 Å². The Morgan fingerprint density at radius 2 is 1.64 bits per heavy atom. The van der Waals surface area contributed by atoms with Crippen LogP contribution in [0.3, 0.4) is 0 Å². The summed E-state index contributed by atoms with van der Waals surface area (Å²) in [6, 6.07) is 18.3. The van der Waals surface area contributed by atoms with Crippen molar-refractivity contribution < 1.29 is 24.5 Å². The van der Waals surface area contributed by atoms with Crippen LogP contribution in [0.5, 0.6) is 5.75 Å². The van der Waals surface area contributed by atoms with Crippen molar-refractivity contribution in [2.75, 3.05) is 12.4 Å². The third kappa shape index (κ3) is 5.60. The van der Waals surface area contributed by atoms with Gasteiger partial charge in [-0.1, -0.05) is 42.5 Å². The molecule has 3 rings (SSSR count). The Kier molecular flexibility index (Phi) is 7.15. The molecule has 28 heavy (non-hydrogen) atoms. The van der Waals surface area contributed by atoms with Crippen molar-refractivity contribution in [2.24, 2.45) is 7.05 Å². The summed E-state index contributed by atoms with van der Waals surface area (Å²) in [7, 11) is 3.69. The number of rotatable bonds is 5.